The Morgan fingerprint density at radius 2 is 2.00 bits per heavy atom. The SMILES string of the molecule is CC(C)CNc1ccc(OC(F)(F)F)cc1Br. The second kappa shape index (κ2) is 5.62. The Labute approximate surface area is 106 Å². The van der Waals surface area contributed by atoms with Crippen molar-refractivity contribution >= 4 is 21.6 Å². The summed E-state index contributed by atoms with van der Waals surface area (Å²) >= 11 is 3.19. The van der Waals surface area contributed by atoms with Gasteiger partial charge in [-0.05, 0) is 40.0 Å². The monoisotopic (exact) mass is 311 g/mol. The van der Waals surface area contributed by atoms with Crippen LogP contribution >= 0.6 is 15.9 Å². The smallest absolute Gasteiger partial charge is 0.406 e. The number of rotatable bonds is 4. The lowest BCUT2D eigenvalue weighted by Gasteiger charge is -2.13. The molecule has 2 nitrogen and oxygen atoms in total. The van der Waals surface area contributed by atoms with Crippen molar-refractivity contribution in [2.24, 2.45) is 5.92 Å². The molecule has 0 unspecified atom stereocenters. The van der Waals surface area contributed by atoms with Gasteiger partial charge in [-0.2, -0.15) is 0 Å². The normalized spacial score (nSPS) is 11.7. The van der Waals surface area contributed by atoms with Crippen molar-refractivity contribution in [3.63, 3.8) is 0 Å². The van der Waals surface area contributed by atoms with E-state index in [2.05, 4.69) is 26.0 Å². The number of nitrogens with one attached hydrogen (secondary N) is 1. The molecule has 1 rings (SSSR count). The summed E-state index contributed by atoms with van der Waals surface area (Å²) in [5.41, 5.74) is 0.744. The molecule has 0 saturated carbocycles. The van der Waals surface area contributed by atoms with Crippen LogP contribution in [-0.2, 0) is 0 Å². The number of hydrogen-bond acceptors (Lipinski definition) is 2. The van der Waals surface area contributed by atoms with E-state index in [0.29, 0.717) is 10.4 Å². The Kier molecular flexibility index (Phi) is 4.68. The maximum atomic E-state index is 12.0. The summed E-state index contributed by atoms with van der Waals surface area (Å²) in [6, 6.07) is 4.12. The van der Waals surface area contributed by atoms with Gasteiger partial charge in [0.15, 0.2) is 0 Å². The summed E-state index contributed by atoms with van der Waals surface area (Å²) in [6.45, 7) is 4.84. The van der Waals surface area contributed by atoms with Crippen LogP contribution in [0.1, 0.15) is 13.8 Å². The molecule has 0 spiro atoms. The van der Waals surface area contributed by atoms with E-state index >= 15 is 0 Å². The molecule has 1 aromatic carbocycles. The summed E-state index contributed by atoms with van der Waals surface area (Å²) in [5, 5.41) is 3.12. The summed E-state index contributed by atoms with van der Waals surface area (Å²) in [4.78, 5) is 0. The first-order valence-electron chi connectivity index (χ1n) is 5.07. The lowest BCUT2D eigenvalue weighted by molar-refractivity contribution is -0.274. The van der Waals surface area contributed by atoms with E-state index in [1.165, 1.54) is 12.1 Å². The van der Waals surface area contributed by atoms with Gasteiger partial charge >= 0.3 is 6.36 Å². The highest BCUT2D eigenvalue weighted by Crippen LogP contribution is 2.30. The topological polar surface area (TPSA) is 21.3 Å². The fourth-order valence-corrected chi connectivity index (χ4v) is 1.65. The van der Waals surface area contributed by atoms with Crippen molar-refractivity contribution in [1.29, 1.82) is 0 Å². The molecule has 6 heteroatoms. The Morgan fingerprint density at radius 1 is 1.35 bits per heavy atom. The van der Waals surface area contributed by atoms with Gasteiger partial charge in [0, 0.05) is 16.7 Å². The molecule has 0 atom stereocenters. The number of alkyl halides is 3. The highest BCUT2D eigenvalue weighted by atomic mass is 79.9. The van der Waals surface area contributed by atoms with Crippen LogP contribution < -0.4 is 10.1 Å². The fraction of sp³-hybridized carbons (Fsp3) is 0.455. The minimum Gasteiger partial charge on any atom is -0.406 e. The second-order valence-corrected chi connectivity index (χ2v) is 4.82. The van der Waals surface area contributed by atoms with Crippen LogP contribution in [0.25, 0.3) is 0 Å². The standard InChI is InChI=1S/C11H13BrF3NO/c1-7(2)6-16-10-4-3-8(5-9(10)12)17-11(13,14)15/h3-5,7,16H,6H2,1-2H3. The minimum atomic E-state index is -4.66. The van der Waals surface area contributed by atoms with E-state index in [-0.39, 0.29) is 5.75 Å². The molecule has 0 bridgehead atoms. The van der Waals surface area contributed by atoms with Gasteiger partial charge in [0.2, 0.25) is 0 Å². The first-order valence-corrected chi connectivity index (χ1v) is 5.86. The largest absolute Gasteiger partial charge is 0.573 e. The molecule has 17 heavy (non-hydrogen) atoms. The second-order valence-electron chi connectivity index (χ2n) is 3.96. The zero-order chi connectivity index (χ0) is 13.1. The van der Waals surface area contributed by atoms with Gasteiger partial charge in [-0.1, -0.05) is 13.8 Å². The molecule has 0 aromatic heterocycles. The van der Waals surface area contributed by atoms with Crippen molar-refractivity contribution in [2.75, 3.05) is 11.9 Å². The number of hydrogen-bond donors (Lipinski definition) is 1. The van der Waals surface area contributed by atoms with Gasteiger partial charge in [0.1, 0.15) is 5.75 Å². The van der Waals surface area contributed by atoms with Crippen molar-refractivity contribution < 1.29 is 17.9 Å². The molecule has 96 valence electrons. The summed E-state index contributed by atoms with van der Waals surface area (Å²) in [7, 11) is 0. The van der Waals surface area contributed by atoms with Gasteiger partial charge in [-0.15, -0.1) is 13.2 Å². The zero-order valence-corrected chi connectivity index (χ0v) is 11.0. The van der Waals surface area contributed by atoms with Crippen molar-refractivity contribution in [2.45, 2.75) is 20.2 Å². The Balaban J connectivity index is 2.72. The highest BCUT2D eigenvalue weighted by molar-refractivity contribution is 9.10. The van der Waals surface area contributed by atoms with Gasteiger partial charge in [-0.3, -0.25) is 0 Å². The number of anilines is 1. The Bertz CT molecular complexity index is 379. The number of ether oxygens (including phenoxy) is 1. The van der Waals surface area contributed by atoms with Crippen LogP contribution in [0, 0.1) is 5.92 Å². The third kappa shape index (κ3) is 5.30. The molecule has 0 aliphatic rings. The highest BCUT2D eigenvalue weighted by Gasteiger charge is 2.31. The summed E-state index contributed by atoms with van der Waals surface area (Å²) in [6.07, 6.45) is -4.66. The van der Waals surface area contributed by atoms with E-state index in [0.717, 1.165) is 12.2 Å². The zero-order valence-electron chi connectivity index (χ0n) is 9.44. The predicted octanol–water partition coefficient (Wildman–Crippen LogP) is 4.42. The molecular weight excluding hydrogens is 299 g/mol. The molecule has 0 radical (unpaired) electrons. The first-order chi connectivity index (χ1) is 7.78. The molecule has 1 aromatic rings. The molecule has 0 amide bonds. The lowest BCUT2D eigenvalue weighted by atomic mass is 10.2. The molecule has 0 aliphatic carbocycles. The van der Waals surface area contributed by atoms with Gasteiger partial charge < -0.3 is 10.1 Å². The number of halogens is 4. The van der Waals surface area contributed by atoms with Crippen LogP contribution in [-0.4, -0.2) is 12.9 Å². The summed E-state index contributed by atoms with van der Waals surface area (Å²) in [5.74, 6) is 0.215. The van der Waals surface area contributed by atoms with Gasteiger partial charge in [0.05, 0.1) is 0 Å². The Morgan fingerprint density at radius 3 is 2.47 bits per heavy atom. The predicted molar refractivity (Wildman–Crippen MR) is 64.2 cm³/mol. The van der Waals surface area contributed by atoms with Gasteiger partial charge in [0.25, 0.3) is 0 Å². The third-order valence-corrected chi connectivity index (χ3v) is 2.53. The minimum absolute atomic E-state index is 0.237. The van der Waals surface area contributed by atoms with E-state index in [1.54, 1.807) is 6.07 Å². The first kappa shape index (κ1) is 14.2. The van der Waals surface area contributed by atoms with Gasteiger partial charge in [-0.25, -0.2) is 0 Å². The molecule has 0 saturated heterocycles. The fourth-order valence-electron chi connectivity index (χ4n) is 1.15. The van der Waals surface area contributed by atoms with Crippen LogP contribution in [0.5, 0.6) is 5.75 Å². The van der Waals surface area contributed by atoms with E-state index in [1.807, 2.05) is 13.8 Å². The van der Waals surface area contributed by atoms with Crippen LogP contribution in [0.4, 0.5) is 18.9 Å². The van der Waals surface area contributed by atoms with Crippen LogP contribution in [0.3, 0.4) is 0 Å². The van der Waals surface area contributed by atoms with Crippen LogP contribution in [0.2, 0.25) is 0 Å². The summed E-state index contributed by atoms with van der Waals surface area (Å²) < 4.78 is 40.3. The molecule has 1 N–H and O–H groups in total. The third-order valence-electron chi connectivity index (χ3n) is 1.87. The molecule has 0 heterocycles. The maximum Gasteiger partial charge on any atom is 0.573 e. The average molecular weight is 312 g/mol. The van der Waals surface area contributed by atoms with E-state index in [9.17, 15) is 13.2 Å². The molecule has 0 aliphatic heterocycles. The van der Waals surface area contributed by atoms with Crippen molar-refractivity contribution in [3.8, 4) is 5.75 Å². The quantitative estimate of drug-likeness (QED) is 0.889. The van der Waals surface area contributed by atoms with E-state index in [4.69, 9.17) is 0 Å². The van der Waals surface area contributed by atoms with Crippen molar-refractivity contribution in [3.05, 3.63) is 22.7 Å². The Hall–Kier alpha value is -0.910. The lowest BCUT2D eigenvalue weighted by Crippen LogP contribution is -2.17. The number of benzene rings is 1. The average Bonchev–Trinajstić information content (AvgIpc) is 2.13. The van der Waals surface area contributed by atoms with E-state index < -0.39 is 6.36 Å². The molecule has 0 fully saturated rings. The molecular formula is C11H13BrF3NO. The van der Waals surface area contributed by atoms with Crippen molar-refractivity contribution in [1.82, 2.24) is 0 Å². The van der Waals surface area contributed by atoms with Crippen LogP contribution in [0.15, 0.2) is 22.7 Å². The maximum absolute atomic E-state index is 12.0.